The normalized spacial score (nSPS) is 46.6. The van der Waals surface area contributed by atoms with Crippen LogP contribution >= 0.6 is 0 Å². The third-order valence-electron chi connectivity index (χ3n) is 6.13. The highest BCUT2D eigenvalue weighted by Crippen LogP contribution is 2.70. The largest absolute Gasteiger partial charge is 0.478 e. The van der Waals surface area contributed by atoms with E-state index < -0.39 is 17.5 Å². The summed E-state index contributed by atoms with van der Waals surface area (Å²) in [4.78, 5) is 22.8. The zero-order chi connectivity index (χ0) is 14.0. The standard InChI is InChI=1S/C15H20O4/c1-14(2)10-6-15(8(7-16)3-4-11(14)15)12(17)5-9(10)13(18)19/h5,7-8,10-12,17H,3-4,6H2,1-2H3,(H,18,19). The lowest BCUT2D eigenvalue weighted by Gasteiger charge is -2.39. The first-order chi connectivity index (χ1) is 8.85. The van der Waals surface area contributed by atoms with Crippen molar-refractivity contribution in [1.29, 1.82) is 0 Å². The molecule has 2 bridgehead atoms. The van der Waals surface area contributed by atoms with Crippen LogP contribution in [0.2, 0.25) is 0 Å². The summed E-state index contributed by atoms with van der Waals surface area (Å²) in [6, 6.07) is 0. The molecule has 3 aliphatic carbocycles. The van der Waals surface area contributed by atoms with Crippen LogP contribution < -0.4 is 0 Å². The van der Waals surface area contributed by atoms with Crippen molar-refractivity contribution < 1.29 is 19.8 Å². The van der Waals surface area contributed by atoms with E-state index in [-0.39, 0.29) is 23.2 Å². The van der Waals surface area contributed by atoms with Gasteiger partial charge in [0.2, 0.25) is 0 Å². The van der Waals surface area contributed by atoms with Gasteiger partial charge in [-0.25, -0.2) is 4.79 Å². The number of carboxylic acid groups (broad SMARTS) is 1. The van der Waals surface area contributed by atoms with Crippen molar-refractivity contribution in [3.63, 3.8) is 0 Å². The molecular formula is C15H20O4. The van der Waals surface area contributed by atoms with E-state index >= 15 is 0 Å². The SMILES string of the molecule is CC1(C)C2CC3(C(O)C=C2C(=O)O)C(C=O)CCC13. The summed E-state index contributed by atoms with van der Waals surface area (Å²) < 4.78 is 0. The minimum atomic E-state index is -0.936. The molecule has 0 aliphatic heterocycles. The number of carboxylic acids is 1. The Labute approximate surface area is 112 Å². The van der Waals surface area contributed by atoms with Gasteiger partial charge in [-0.2, -0.15) is 0 Å². The zero-order valence-corrected chi connectivity index (χ0v) is 11.3. The van der Waals surface area contributed by atoms with Crippen molar-refractivity contribution in [3.8, 4) is 0 Å². The maximum Gasteiger partial charge on any atom is 0.331 e. The average molecular weight is 264 g/mol. The smallest absolute Gasteiger partial charge is 0.331 e. The summed E-state index contributed by atoms with van der Waals surface area (Å²) in [5.74, 6) is -0.901. The Hall–Kier alpha value is -1.16. The van der Waals surface area contributed by atoms with Crippen molar-refractivity contribution in [3.05, 3.63) is 11.6 Å². The highest BCUT2D eigenvalue weighted by atomic mass is 16.4. The minimum Gasteiger partial charge on any atom is -0.478 e. The molecule has 0 amide bonds. The van der Waals surface area contributed by atoms with Crippen molar-refractivity contribution in [1.82, 2.24) is 0 Å². The summed E-state index contributed by atoms with van der Waals surface area (Å²) in [6.45, 7) is 4.18. The second-order valence-electron chi connectivity index (χ2n) is 6.93. The molecule has 3 aliphatic rings. The quantitative estimate of drug-likeness (QED) is 0.743. The van der Waals surface area contributed by atoms with E-state index in [1.807, 2.05) is 0 Å². The van der Waals surface area contributed by atoms with E-state index in [2.05, 4.69) is 13.8 Å². The van der Waals surface area contributed by atoms with E-state index in [1.54, 1.807) is 0 Å². The monoisotopic (exact) mass is 264 g/mol. The number of aliphatic hydroxyl groups is 1. The number of aldehydes is 1. The van der Waals surface area contributed by atoms with E-state index in [0.717, 1.165) is 19.1 Å². The Morgan fingerprint density at radius 2 is 2.11 bits per heavy atom. The first-order valence-electron chi connectivity index (χ1n) is 6.94. The number of aliphatic hydroxyl groups excluding tert-OH is 1. The molecule has 2 N–H and O–H groups in total. The van der Waals surface area contributed by atoms with Gasteiger partial charge in [0.15, 0.2) is 0 Å². The van der Waals surface area contributed by atoms with Crippen LogP contribution in [0.25, 0.3) is 0 Å². The Balaban J connectivity index is 2.16. The Bertz CT molecular complexity index is 479. The number of carbonyl (C=O) groups excluding carboxylic acids is 1. The summed E-state index contributed by atoms with van der Waals surface area (Å²) in [5.41, 5.74) is -0.254. The van der Waals surface area contributed by atoms with Crippen LogP contribution in [0, 0.1) is 28.6 Å². The molecule has 0 aromatic heterocycles. The molecule has 0 radical (unpaired) electrons. The number of rotatable bonds is 2. The van der Waals surface area contributed by atoms with Gasteiger partial charge in [0.1, 0.15) is 6.29 Å². The summed E-state index contributed by atoms with van der Waals surface area (Å²) in [5, 5.41) is 19.9. The predicted octanol–water partition coefficient (Wildman–Crippen LogP) is 1.63. The van der Waals surface area contributed by atoms with E-state index in [4.69, 9.17) is 0 Å². The van der Waals surface area contributed by atoms with E-state index in [9.17, 15) is 19.8 Å². The molecule has 4 heteroatoms. The van der Waals surface area contributed by atoms with Crippen molar-refractivity contribution >= 4 is 12.3 Å². The maximum absolute atomic E-state index is 11.4. The molecular weight excluding hydrogens is 244 g/mol. The molecule has 19 heavy (non-hydrogen) atoms. The van der Waals surface area contributed by atoms with Gasteiger partial charge >= 0.3 is 5.97 Å². The predicted molar refractivity (Wildman–Crippen MR) is 68.3 cm³/mol. The van der Waals surface area contributed by atoms with Crippen LogP contribution in [0.5, 0.6) is 0 Å². The van der Waals surface area contributed by atoms with Gasteiger partial charge in [-0.3, -0.25) is 0 Å². The van der Waals surface area contributed by atoms with Crippen molar-refractivity contribution in [2.45, 2.75) is 39.2 Å². The molecule has 2 fully saturated rings. The van der Waals surface area contributed by atoms with E-state index in [1.165, 1.54) is 6.08 Å². The molecule has 0 saturated heterocycles. The highest BCUT2D eigenvalue weighted by molar-refractivity contribution is 5.88. The van der Waals surface area contributed by atoms with Crippen LogP contribution in [0.3, 0.4) is 0 Å². The number of carbonyl (C=O) groups is 2. The highest BCUT2D eigenvalue weighted by Gasteiger charge is 2.68. The van der Waals surface area contributed by atoms with Crippen molar-refractivity contribution in [2.24, 2.45) is 28.6 Å². The Kier molecular flexibility index (Phi) is 2.50. The first kappa shape index (κ1) is 12.9. The molecule has 0 aromatic carbocycles. The van der Waals surface area contributed by atoms with Gasteiger partial charge in [0.25, 0.3) is 0 Å². The molecule has 104 valence electrons. The van der Waals surface area contributed by atoms with Gasteiger partial charge in [-0.05, 0) is 42.6 Å². The molecule has 1 spiro atoms. The number of fused-ring (bicyclic) bond motifs is 1. The average Bonchev–Trinajstić information content (AvgIpc) is 2.79. The lowest BCUT2D eigenvalue weighted by molar-refractivity contribution is -0.134. The lowest BCUT2D eigenvalue weighted by Crippen LogP contribution is -2.43. The van der Waals surface area contributed by atoms with Crippen molar-refractivity contribution in [2.75, 3.05) is 0 Å². The third kappa shape index (κ3) is 1.33. The molecule has 3 rings (SSSR count). The zero-order valence-electron chi connectivity index (χ0n) is 11.3. The fraction of sp³-hybridized carbons (Fsp3) is 0.733. The van der Waals surface area contributed by atoms with E-state index in [0.29, 0.717) is 12.0 Å². The third-order valence-corrected chi connectivity index (χ3v) is 6.13. The second kappa shape index (κ2) is 3.69. The van der Waals surface area contributed by atoms with Crippen LogP contribution in [0.1, 0.15) is 33.1 Å². The minimum absolute atomic E-state index is 0.0545. The maximum atomic E-state index is 11.4. The van der Waals surface area contributed by atoms with Gasteiger partial charge < -0.3 is 15.0 Å². The summed E-state index contributed by atoms with van der Waals surface area (Å²) >= 11 is 0. The number of aliphatic carboxylic acids is 1. The number of hydrogen-bond acceptors (Lipinski definition) is 3. The fourth-order valence-electron chi connectivity index (χ4n) is 5.27. The van der Waals surface area contributed by atoms with Crippen LogP contribution in [-0.2, 0) is 9.59 Å². The number of hydrogen-bond donors (Lipinski definition) is 2. The van der Waals surface area contributed by atoms with Crippen LogP contribution in [0.4, 0.5) is 0 Å². The molecule has 2 saturated carbocycles. The van der Waals surface area contributed by atoms with Crippen LogP contribution in [0.15, 0.2) is 11.6 Å². The summed E-state index contributed by atoms with van der Waals surface area (Å²) in [7, 11) is 0. The van der Waals surface area contributed by atoms with Gasteiger partial charge in [0.05, 0.1) is 6.10 Å². The Morgan fingerprint density at radius 1 is 1.42 bits per heavy atom. The topological polar surface area (TPSA) is 74.6 Å². The second-order valence-corrected chi connectivity index (χ2v) is 6.93. The molecule has 5 unspecified atom stereocenters. The molecule has 5 atom stereocenters. The van der Waals surface area contributed by atoms with Gasteiger partial charge in [-0.15, -0.1) is 0 Å². The molecule has 0 aromatic rings. The summed E-state index contributed by atoms with van der Waals surface area (Å²) in [6.07, 6.45) is 4.02. The lowest BCUT2D eigenvalue weighted by atomic mass is 9.66. The first-order valence-corrected chi connectivity index (χ1v) is 6.94. The van der Waals surface area contributed by atoms with Gasteiger partial charge in [-0.1, -0.05) is 13.8 Å². The molecule has 0 heterocycles. The van der Waals surface area contributed by atoms with Crippen LogP contribution in [-0.4, -0.2) is 28.6 Å². The van der Waals surface area contributed by atoms with Gasteiger partial charge in [0, 0.05) is 16.9 Å². The fourth-order valence-corrected chi connectivity index (χ4v) is 5.27. The molecule has 4 nitrogen and oxygen atoms in total. The Morgan fingerprint density at radius 3 is 2.68 bits per heavy atom.